The third-order valence-electron chi connectivity index (χ3n) is 3.19. The molecule has 0 unspecified atom stereocenters. The van der Waals surface area contributed by atoms with Crippen molar-refractivity contribution in [1.29, 1.82) is 0 Å². The largest absolute Gasteiger partial charge is 0.294 e. The monoisotopic (exact) mass is 288 g/mol. The molecule has 0 aliphatic rings. The molecule has 0 aliphatic heterocycles. The molecule has 0 bridgehead atoms. The molecule has 0 saturated heterocycles. The highest BCUT2D eigenvalue weighted by molar-refractivity contribution is 7.99. The second-order valence-corrected chi connectivity index (χ2v) is 6.11. The second-order valence-electron chi connectivity index (χ2n) is 5.02. The molecule has 0 spiro atoms. The summed E-state index contributed by atoms with van der Waals surface area (Å²) in [6.45, 7) is 7.27. The van der Waals surface area contributed by atoms with Gasteiger partial charge in [-0.25, -0.2) is 4.39 Å². The number of Topliss-reactive ketones (excluding diaryl/α,β-unsaturated/α-hetero) is 1. The fourth-order valence-electron chi connectivity index (χ4n) is 2.05. The lowest BCUT2D eigenvalue weighted by Gasteiger charge is -2.11. The molecule has 0 atom stereocenters. The van der Waals surface area contributed by atoms with Crippen molar-refractivity contribution in [3.05, 3.63) is 58.4 Å². The smallest absolute Gasteiger partial charge is 0.161 e. The van der Waals surface area contributed by atoms with Crippen molar-refractivity contribution in [2.75, 3.05) is 0 Å². The molecule has 0 heterocycles. The lowest BCUT2D eigenvalue weighted by atomic mass is 10.1. The Hall–Kier alpha value is -1.61. The zero-order chi connectivity index (χ0) is 14.9. The Balaban J connectivity index is 2.47. The van der Waals surface area contributed by atoms with Gasteiger partial charge in [0.25, 0.3) is 0 Å². The summed E-state index contributed by atoms with van der Waals surface area (Å²) in [6.07, 6.45) is 0. The number of carbonyl (C=O) groups is 1. The molecule has 0 N–H and O–H groups in total. The first-order chi connectivity index (χ1) is 9.38. The molecule has 0 radical (unpaired) electrons. The van der Waals surface area contributed by atoms with Crippen LogP contribution in [0.15, 0.2) is 40.1 Å². The quantitative estimate of drug-likeness (QED) is 0.730. The standard InChI is InChI=1S/C17H17FOS/c1-10-5-6-16(12(3)7-10)20-17-8-11(2)15(18)9-14(17)13(4)19/h5-9H,1-4H3. The first kappa shape index (κ1) is 14.8. The van der Waals surface area contributed by atoms with E-state index in [0.29, 0.717) is 11.1 Å². The Morgan fingerprint density at radius 2 is 1.70 bits per heavy atom. The van der Waals surface area contributed by atoms with Crippen LogP contribution in [0.5, 0.6) is 0 Å². The van der Waals surface area contributed by atoms with E-state index in [9.17, 15) is 9.18 Å². The predicted molar refractivity (Wildman–Crippen MR) is 81.2 cm³/mol. The third-order valence-corrected chi connectivity index (χ3v) is 4.43. The number of halogens is 1. The van der Waals surface area contributed by atoms with Gasteiger partial charge in [-0.1, -0.05) is 29.5 Å². The van der Waals surface area contributed by atoms with Gasteiger partial charge in [0, 0.05) is 15.4 Å². The summed E-state index contributed by atoms with van der Waals surface area (Å²) >= 11 is 1.51. The Kier molecular flexibility index (Phi) is 4.29. The molecule has 2 aromatic rings. The van der Waals surface area contributed by atoms with E-state index in [1.807, 2.05) is 26.0 Å². The highest BCUT2D eigenvalue weighted by atomic mass is 32.2. The number of rotatable bonds is 3. The van der Waals surface area contributed by atoms with Crippen LogP contribution in [0.2, 0.25) is 0 Å². The maximum Gasteiger partial charge on any atom is 0.161 e. The van der Waals surface area contributed by atoms with Gasteiger partial charge in [0.05, 0.1) is 0 Å². The van der Waals surface area contributed by atoms with Crippen LogP contribution in [0.25, 0.3) is 0 Å². The molecular formula is C17H17FOS. The zero-order valence-corrected chi connectivity index (χ0v) is 12.9. The van der Waals surface area contributed by atoms with Gasteiger partial charge in [-0.2, -0.15) is 0 Å². The minimum atomic E-state index is -0.333. The van der Waals surface area contributed by atoms with Crippen LogP contribution in [-0.2, 0) is 0 Å². The number of hydrogen-bond acceptors (Lipinski definition) is 2. The number of aryl methyl sites for hydroxylation is 3. The van der Waals surface area contributed by atoms with Crippen molar-refractivity contribution >= 4 is 17.5 Å². The molecule has 1 nitrogen and oxygen atoms in total. The molecular weight excluding hydrogens is 271 g/mol. The predicted octanol–water partition coefficient (Wildman–Crippen LogP) is 5.10. The summed E-state index contributed by atoms with van der Waals surface area (Å²) in [5, 5.41) is 0. The van der Waals surface area contributed by atoms with Crippen molar-refractivity contribution in [3.8, 4) is 0 Å². The summed E-state index contributed by atoms with van der Waals surface area (Å²) in [5.74, 6) is -0.448. The number of carbonyl (C=O) groups excluding carboxylic acids is 1. The number of hydrogen-bond donors (Lipinski definition) is 0. The normalized spacial score (nSPS) is 10.7. The first-order valence-electron chi connectivity index (χ1n) is 6.44. The molecule has 0 amide bonds. The fourth-order valence-corrected chi connectivity index (χ4v) is 3.19. The van der Waals surface area contributed by atoms with Crippen molar-refractivity contribution in [3.63, 3.8) is 0 Å². The minimum Gasteiger partial charge on any atom is -0.294 e. The zero-order valence-electron chi connectivity index (χ0n) is 12.1. The van der Waals surface area contributed by atoms with E-state index in [2.05, 4.69) is 6.07 Å². The van der Waals surface area contributed by atoms with E-state index in [1.165, 1.54) is 30.3 Å². The van der Waals surface area contributed by atoms with Crippen molar-refractivity contribution in [2.24, 2.45) is 0 Å². The molecule has 3 heteroatoms. The average Bonchev–Trinajstić information content (AvgIpc) is 2.36. The van der Waals surface area contributed by atoms with Gasteiger partial charge in [0.1, 0.15) is 5.82 Å². The van der Waals surface area contributed by atoms with E-state index < -0.39 is 0 Å². The molecule has 0 saturated carbocycles. The topological polar surface area (TPSA) is 17.1 Å². The number of ketones is 1. The Labute approximate surface area is 123 Å². The van der Waals surface area contributed by atoms with Crippen LogP contribution in [0.3, 0.4) is 0 Å². The van der Waals surface area contributed by atoms with Crippen LogP contribution < -0.4 is 0 Å². The SMILES string of the molecule is CC(=O)c1cc(F)c(C)cc1Sc1ccc(C)cc1C. The van der Waals surface area contributed by atoms with Crippen LogP contribution in [0.4, 0.5) is 4.39 Å². The summed E-state index contributed by atoms with van der Waals surface area (Å²) in [6, 6.07) is 9.27. The van der Waals surface area contributed by atoms with E-state index >= 15 is 0 Å². The molecule has 0 fully saturated rings. The van der Waals surface area contributed by atoms with Crippen LogP contribution in [0, 0.1) is 26.6 Å². The summed E-state index contributed by atoms with van der Waals surface area (Å²) in [4.78, 5) is 13.6. The lowest BCUT2D eigenvalue weighted by Crippen LogP contribution is -1.98. The molecule has 0 aromatic heterocycles. The molecule has 20 heavy (non-hydrogen) atoms. The number of benzene rings is 2. The van der Waals surface area contributed by atoms with Gasteiger partial charge in [-0.05, 0) is 57.0 Å². The van der Waals surface area contributed by atoms with Crippen LogP contribution in [0.1, 0.15) is 34.0 Å². The maximum absolute atomic E-state index is 13.6. The Morgan fingerprint density at radius 3 is 2.30 bits per heavy atom. The van der Waals surface area contributed by atoms with Crippen molar-refractivity contribution in [2.45, 2.75) is 37.5 Å². The Morgan fingerprint density at radius 1 is 1.00 bits per heavy atom. The van der Waals surface area contributed by atoms with Gasteiger partial charge in [0.2, 0.25) is 0 Å². The van der Waals surface area contributed by atoms with Gasteiger partial charge in [-0.15, -0.1) is 0 Å². The average molecular weight is 288 g/mol. The van der Waals surface area contributed by atoms with Crippen LogP contribution >= 0.6 is 11.8 Å². The summed E-state index contributed by atoms with van der Waals surface area (Å²) < 4.78 is 13.6. The van der Waals surface area contributed by atoms with E-state index in [4.69, 9.17) is 0 Å². The Bertz CT molecular complexity index is 677. The first-order valence-corrected chi connectivity index (χ1v) is 7.26. The molecule has 2 rings (SSSR count). The highest BCUT2D eigenvalue weighted by Crippen LogP contribution is 2.34. The molecule has 0 aliphatic carbocycles. The van der Waals surface area contributed by atoms with Gasteiger partial charge < -0.3 is 0 Å². The minimum absolute atomic E-state index is 0.115. The van der Waals surface area contributed by atoms with E-state index in [0.717, 1.165) is 15.4 Å². The molecule has 2 aromatic carbocycles. The molecule has 104 valence electrons. The lowest BCUT2D eigenvalue weighted by molar-refractivity contribution is 0.101. The van der Waals surface area contributed by atoms with Crippen molar-refractivity contribution in [1.82, 2.24) is 0 Å². The van der Waals surface area contributed by atoms with Gasteiger partial charge >= 0.3 is 0 Å². The fraction of sp³-hybridized carbons (Fsp3) is 0.235. The highest BCUT2D eigenvalue weighted by Gasteiger charge is 2.13. The maximum atomic E-state index is 13.6. The van der Waals surface area contributed by atoms with Crippen molar-refractivity contribution < 1.29 is 9.18 Å². The van der Waals surface area contributed by atoms with Gasteiger partial charge in [-0.3, -0.25) is 4.79 Å². The second kappa shape index (κ2) is 5.80. The van der Waals surface area contributed by atoms with E-state index in [-0.39, 0.29) is 11.6 Å². The third kappa shape index (κ3) is 3.10. The summed E-state index contributed by atoms with van der Waals surface area (Å²) in [7, 11) is 0. The van der Waals surface area contributed by atoms with Gasteiger partial charge in [0.15, 0.2) is 5.78 Å². The summed E-state index contributed by atoms with van der Waals surface area (Å²) in [5.41, 5.74) is 3.36. The van der Waals surface area contributed by atoms with E-state index in [1.54, 1.807) is 13.0 Å². The van der Waals surface area contributed by atoms with Crippen LogP contribution in [-0.4, -0.2) is 5.78 Å².